The molecule has 0 unspecified atom stereocenters. The van der Waals surface area contributed by atoms with Crippen molar-refractivity contribution in [2.75, 3.05) is 19.9 Å². The summed E-state index contributed by atoms with van der Waals surface area (Å²) in [6.07, 6.45) is 3.66. The van der Waals surface area contributed by atoms with Crippen LogP contribution in [0, 0.1) is 0 Å². The van der Waals surface area contributed by atoms with E-state index in [1.807, 2.05) is 4.90 Å². The summed E-state index contributed by atoms with van der Waals surface area (Å²) in [5.41, 5.74) is 0.329. The van der Waals surface area contributed by atoms with Gasteiger partial charge in [-0.25, -0.2) is 4.98 Å². The van der Waals surface area contributed by atoms with Crippen LogP contribution < -0.4 is 19.5 Å². The van der Waals surface area contributed by atoms with E-state index in [0.29, 0.717) is 40.9 Å². The van der Waals surface area contributed by atoms with Crippen LogP contribution in [-0.2, 0) is 6.61 Å². The first-order valence-corrected chi connectivity index (χ1v) is 8.77. The summed E-state index contributed by atoms with van der Waals surface area (Å²) in [5, 5.41) is 3.51. The molecule has 2 aromatic rings. The van der Waals surface area contributed by atoms with Crippen LogP contribution in [0.5, 0.6) is 17.2 Å². The van der Waals surface area contributed by atoms with Gasteiger partial charge in [-0.3, -0.25) is 4.79 Å². The molecule has 0 spiro atoms. The van der Waals surface area contributed by atoms with Gasteiger partial charge in [-0.1, -0.05) is 0 Å². The Morgan fingerprint density at radius 3 is 2.88 bits per heavy atom. The molecule has 0 aliphatic carbocycles. The van der Waals surface area contributed by atoms with Crippen molar-refractivity contribution < 1.29 is 23.4 Å². The van der Waals surface area contributed by atoms with Gasteiger partial charge < -0.3 is 28.8 Å². The molecule has 2 atom stereocenters. The Labute approximate surface area is 150 Å². The van der Waals surface area contributed by atoms with E-state index < -0.39 is 0 Å². The topological polar surface area (TPSA) is 86.1 Å². The van der Waals surface area contributed by atoms with Crippen LogP contribution in [0.4, 0.5) is 0 Å². The van der Waals surface area contributed by atoms with Crippen molar-refractivity contribution in [2.24, 2.45) is 0 Å². The van der Waals surface area contributed by atoms with Gasteiger partial charge in [0.05, 0.1) is 0 Å². The van der Waals surface area contributed by atoms with E-state index in [-0.39, 0.29) is 19.3 Å². The summed E-state index contributed by atoms with van der Waals surface area (Å²) >= 11 is 0. The number of carbonyl (C=O) groups excluding carboxylic acids is 1. The second kappa shape index (κ2) is 6.21. The number of nitrogens with one attached hydrogen (secondary N) is 1. The maximum atomic E-state index is 12.6. The van der Waals surface area contributed by atoms with Crippen LogP contribution in [-0.4, -0.2) is 47.8 Å². The highest BCUT2D eigenvalue weighted by molar-refractivity contribution is 5.92. The van der Waals surface area contributed by atoms with E-state index in [4.69, 9.17) is 18.6 Å². The van der Waals surface area contributed by atoms with Crippen molar-refractivity contribution in [3.05, 3.63) is 36.0 Å². The van der Waals surface area contributed by atoms with Gasteiger partial charge in [-0.2, -0.15) is 0 Å². The number of amides is 1. The number of piperazine rings is 1. The maximum Gasteiger partial charge on any atom is 0.275 e. The molecule has 2 saturated heterocycles. The van der Waals surface area contributed by atoms with E-state index in [1.54, 1.807) is 18.2 Å². The highest BCUT2D eigenvalue weighted by atomic mass is 16.7. The van der Waals surface area contributed by atoms with Gasteiger partial charge in [0.1, 0.15) is 12.0 Å². The molecule has 1 N–H and O–H groups in total. The summed E-state index contributed by atoms with van der Waals surface area (Å²) in [5.74, 6) is 2.26. The Bertz CT molecular complexity index is 824. The van der Waals surface area contributed by atoms with Crippen molar-refractivity contribution in [2.45, 2.75) is 31.5 Å². The normalized spacial score (nSPS) is 23.3. The third-order valence-electron chi connectivity index (χ3n) is 4.98. The van der Waals surface area contributed by atoms with E-state index >= 15 is 0 Å². The third-order valence-corrected chi connectivity index (χ3v) is 4.98. The number of likely N-dealkylation sites (tertiary alicyclic amines) is 1. The molecule has 8 heteroatoms. The fourth-order valence-corrected chi connectivity index (χ4v) is 3.71. The van der Waals surface area contributed by atoms with Crippen molar-refractivity contribution >= 4 is 5.91 Å². The minimum absolute atomic E-state index is 0.0820. The number of aromatic nitrogens is 1. The lowest BCUT2D eigenvalue weighted by Gasteiger charge is -2.32. The van der Waals surface area contributed by atoms with Gasteiger partial charge in [0, 0.05) is 31.2 Å². The molecular formula is C18H19N3O5. The summed E-state index contributed by atoms with van der Waals surface area (Å²) in [7, 11) is 0. The monoisotopic (exact) mass is 357 g/mol. The second-order valence-corrected chi connectivity index (χ2v) is 6.78. The standard InChI is InChI=1S/C18H19N3O5/c22-18(21-6-11-1-2-12(7-21)19-11)14-8-24-17(20-14)9-23-13-3-4-15-16(5-13)26-10-25-15/h3-5,8,11-12,19H,1-2,6-7,9-10H2/t11-,12+. The molecule has 0 radical (unpaired) electrons. The van der Waals surface area contributed by atoms with Gasteiger partial charge in [-0.15, -0.1) is 0 Å². The molecule has 2 bridgehead atoms. The molecular weight excluding hydrogens is 338 g/mol. The van der Waals surface area contributed by atoms with Gasteiger partial charge in [0.25, 0.3) is 5.91 Å². The molecule has 1 aromatic carbocycles. The molecule has 3 aliphatic heterocycles. The van der Waals surface area contributed by atoms with E-state index in [0.717, 1.165) is 25.9 Å². The average molecular weight is 357 g/mol. The van der Waals surface area contributed by atoms with Crippen LogP contribution in [0.2, 0.25) is 0 Å². The number of oxazole rings is 1. The molecule has 26 heavy (non-hydrogen) atoms. The Morgan fingerprint density at radius 1 is 1.23 bits per heavy atom. The molecule has 2 fully saturated rings. The van der Waals surface area contributed by atoms with Gasteiger partial charge in [0.15, 0.2) is 23.8 Å². The van der Waals surface area contributed by atoms with Crippen molar-refractivity contribution in [3.8, 4) is 17.2 Å². The number of hydrogen-bond acceptors (Lipinski definition) is 7. The minimum atomic E-state index is -0.0820. The van der Waals surface area contributed by atoms with Crippen LogP contribution in [0.1, 0.15) is 29.2 Å². The predicted molar refractivity (Wildman–Crippen MR) is 89.2 cm³/mol. The molecule has 8 nitrogen and oxygen atoms in total. The van der Waals surface area contributed by atoms with Crippen LogP contribution >= 0.6 is 0 Å². The Balaban J connectivity index is 1.22. The molecule has 0 saturated carbocycles. The molecule has 1 aromatic heterocycles. The summed E-state index contributed by atoms with van der Waals surface area (Å²) in [6, 6.07) is 6.14. The zero-order valence-electron chi connectivity index (χ0n) is 14.1. The molecule has 3 aliphatic rings. The predicted octanol–water partition coefficient (Wildman–Crippen LogP) is 1.56. The molecule has 4 heterocycles. The first-order valence-electron chi connectivity index (χ1n) is 8.77. The van der Waals surface area contributed by atoms with Crippen LogP contribution in [0.25, 0.3) is 0 Å². The number of nitrogens with zero attached hydrogens (tertiary/aromatic N) is 2. The Hall–Kier alpha value is -2.74. The van der Waals surface area contributed by atoms with E-state index in [1.165, 1.54) is 6.26 Å². The first-order chi connectivity index (χ1) is 12.7. The summed E-state index contributed by atoms with van der Waals surface area (Å²) < 4.78 is 21.7. The number of fused-ring (bicyclic) bond motifs is 3. The molecule has 5 rings (SSSR count). The number of ether oxygens (including phenoxy) is 3. The zero-order valence-corrected chi connectivity index (χ0v) is 14.1. The fourth-order valence-electron chi connectivity index (χ4n) is 3.71. The van der Waals surface area contributed by atoms with Gasteiger partial charge in [0.2, 0.25) is 12.7 Å². The maximum absolute atomic E-state index is 12.6. The van der Waals surface area contributed by atoms with Gasteiger partial charge in [-0.05, 0) is 25.0 Å². The van der Waals surface area contributed by atoms with Crippen molar-refractivity contribution in [1.29, 1.82) is 0 Å². The van der Waals surface area contributed by atoms with Crippen LogP contribution in [0.15, 0.2) is 28.9 Å². The number of rotatable bonds is 4. The largest absolute Gasteiger partial charge is 0.484 e. The first kappa shape index (κ1) is 15.5. The lowest BCUT2D eigenvalue weighted by atomic mass is 10.2. The molecule has 136 valence electrons. The second-order valence-electron chi connectivity index (χ2n) is 6.78. The highest BCUT2D eigenvalue weighted by Gasteiger charge is 2.35. The lowest BCUT2D eigenvalue weighted by molar-refractivity contribution is 0.0691. The van der Waals surface area contributed by atoms with Gasteiger partial charge >= 0.3 is 0 Å². The number of carbonyl (C=O) groups is 1. The summed E-state index contributed by atoms with van der Waals surface area (Å²) in [4.78, 5) is 18.8. The minimum Gasteiger partial charge on any atom is -0.484 e. The van der Waals surface area contributed by atoms with Crippen molar-refractivity contribution in [1.82, 2.24) is 15.2 Å². The average Bonchev–Trinajstić information content (AvgIpc) is 3.38. The zero-order chi connectivity index (χ0) is 17.5. The Morgan fingerprint density at radius 2 is 2.04 bits per heavy atom. The third kappa shape index (κ3) is 2.86. The SMILES string of the molecule is O=C(c1coc(COc2ccc3c(c2)OCO3)n1)N1C[C@H]2CC[C@@H](C1)N2. The lowest BCUT2D eigenvalue weighted by Crippen LogP contribution is -2.53. The molecule has 1 amide bonds. The highest BCUT2D eigenvalue weighted by Crippen LogP contribution is 2.35. The number of hydrogen-bond donors (Lipinski definition) is 1. The number of benzene rings is 1. The quantitative estimate of drug-likeness (QED) is 0.889. The van der Waals surface area contributed by atoms with Crippen LogP contribution in [0.3, 0.4) is 0 Å². The summed E-state index contributed by atoms with van der Waals surface area (Å²) in [6.45, 7) is 1.81. The smallest absolute Gasteiger partial charge is 0.275 e. The van der Waals surface area contributed by atoms with E-state index in [9.17, 15) is 4.79 Å². The fraction of sp³-hybridized carbons (Fsp3) is 0.444. The van der Waals surface area contributed by atoms with E-state index in [2.05, 4.69) is 10.3 Å². The van der Waals surface area contributed by atoms with Crippen molar-refractivity contribution in [3.63, 3.8) is 0 Å². The Kier molecular flexibility index (Phi) is 3.70.